The molecule has 3 aromatic rings. The number of carbonyl (C=O) groups excluding carboxylic acids is 1. The molecule has 1 aromatic heterocycles. The summed E-state index contributed by atoms with van der Waals surface area (Å²) in [5.74, 6) is 0.480. The molecule has 0 aliphatic carbocycles. The van der Waals surface area contributed by atoms with Crippen molar-refractivity contribution in [3.05, 3.63) is 58.9 Å². The molecule has 0 saturated carbocycles. The molecule has 8 nitrogen and oxygen atoms in total. The minimum Gasteiger partial charge on any atom is -0.338 e. The lowest BCUT2D eigenvalue weighted by molar-refractivity contribution is -0.118. The molecule has 2 heterocycles. The van der Waals surface area contributed by atoms with Gasteiger partial charge in [-0.2, -0.15) is 4.98 Å². The highest BCUT2D eigenvalue weighted by atomic mass is 35.5. The second-order valence-corrected chi connectivity index (χ2v) is 8.99. The van der Waals surface area contributed by atoms with E-state index in [-0.39, 0.29) is 23.2 Å². The summed E-state index contributed by atoms with van der Waals surface area (Å²) in [5.41, 5.74) is 2.27. The minimum atomic E-state index is -3.79. The van der Waals surface area contributed by atoms with Crippen LogP contribution < -0.4 is 9.62 Å². The van der Waals surface area contributed by atoms with E-state index in [1.807, 2.05) is 0 Å². The number of sulfonamides is 1. The normalized spacial score (nSPS) is 13.5. The van der Waals surface area contributed by atoms with Crippen molar-refractivity contribution in [3.8, 4) is 11.4 Å². The van der Waals surface area contributed by atoms with E-state index in [1.165, 1.54) is 6.07 Å². The van der Waals surface area contributed by atoms with E-state index in [4.69, 9.17) is 16.1 Å². The highest BCUT2D eigenvalue weighted by Crippen LogP contribution is 2.30. The van der Waals surface area contributed by atoms with E-state index < -0.39 is 10.0 Å². The Kier molecular flexibility index (Phi) is 5.59. The summed E-state index contributed by atoms with van der Waals surface area (Å²) in [6.07, 6.45) is 1.03. The Bertz CT molecular complexity index is 1210. The fourth-order valence-corrected chi connectivity index (χ4v) is 4.52. The first kappa shape index (κ1) is 20.5. The van der Waals surface area contributed by atoms with Gasteiger partial charge in [0.05, 0.1) is 11.4 Å². The Labute approximate surface area is 178 Å². The zero-order valence-corrected chi connectivity index (χ0v) is 17.7. The molecule has 0 fully saturated rings. The lowest BCUT2D eigenvalue weighted by atomic mass is 10.2. The number of hydrogen-bond donors (Lipinski definition) is 1. The third-order valence-electron chi connectivity index (χ3n) is 4.82. The zero-order valence-electron chi connectivity index (χ0n) is 16.1. The number of hydrogen-bond acceptors (Lipinski definition) is 6. The second-order valence-electron chi connectivity index (χ2n) is 6.79. The first-order chi connectivity index (χ1) is 14.4. The molecule has 0 spiro atoms. The summed E-state index contributed by atoms with van der Waals surface area (Å²) in [4.78, 5) is 18.0. The number of aromatic nitrogens is 2. The number of anilines is 1. The van der Waals surface area contributed by atoms with Crippen LogP contribution in [0.25, 0.3) is 11.4 Å². The summed E-state index contributed by atoms with van der Waals surface area (Å²) < 4.78 is 33.0. The van der Waals surface area contributed by atoms with Gasteiger partial charge < -0.3 is 9.42 Å². The lowest BCUT2D eigenvalue weighted by Crippen LogP contribution is -2.27. The van der Waals surface area contributed by atoms with Crippen LogP contribution in [0.5, 0.6) is 0 Å². The van der Waals surface area contributed by atoms with Gasteiger partial charge in [-0.3, -0.25) is 4.79 Å². The number of halogens is 1. The maximum absolute atomic E-state index is 12.7. The average Bonchev–Trinajstić information content (AvgIpc) is 3.38. The topological polar surface area (TPSA) is 105 Å². The fraction of sp³-hybridized carbons (Fsp3) is 0.250. The van der Waals surface area contributed by atoms with Crippen LogP contribution in [-0.2, 0) is 27.8 Å². The number of benzene rings is 2. The summed E-state index contributed by atoms with van der Waals surface area (Å²) in [6, 6.07) is 11.7. The van der Waals surface area contributed by atoms with Crippen LogP contribution in [0.3, 0.4) is 0 Å². The SMILES string of the molecule is CCC(=O)N1CCc2cc(S(=O)(=O)NCc3nc(-c4cccc(Cl)c4)no3)ccc21. The molecule has 1 N–H and O–H groups in total. The molecule has 30 heavy (non-hydrogen) atoms. The molecule has 0 radical (unpaired) electrons. The predicted molar refractivity (Wildman–Crippen MR) is 112 cm³/mol. The maximum Gasteiger partial charge on any atom is 0.242 e. The van der Waals surface area contributed by atoms with Gasteiger partial charge in [-0.05, 0) is 42.3 Å². The van der Waals surface area contributed by atoms with Crippen LogP contribution in [-0.4, -0.2) is 31.0 Å². The Morgan fingerprint density at radius 1 is 1.27 bits per heavy atom. The smallest absolute Gasteiger partial charge is 0.242 e. The molecule has 4 rings (SSSR count). The van der Waals surface area contributed by atoms with Gasteiger partial charge >= 0.3 is 0 Å². The quantitative estimate of drug-likeness (QED) is 0.623. The van der Waals surface area contributed by atoms with Crippen molar-refractivity contribution in [2.45, 2.75) is 31.2 Å². The van der Waals surface area contributed by atoms with E-state index in [0.717, 1.165) is 11.3 Å². The van der Waals surface area contributed by atoms with Gasteiger partial charge in [0.15, 0.2) is 0 Å². The second kappa shape index (κ2) is 8.17. The van der Waals surface area contributed by atoms with Crippen molar-refractivity contribution < 1.29 is 17.7 Å². The number of carbonyl (C=O) groups is 1. The molecule has 0 bridgehead atoms. The van der Waals surface area contributed by atoms with Gasteiger partial charge in [0.1, 0.15) is 0 Å². The van der Waals surface area contributed by atoms with E-state index in [9.17, 15) is 13.2 Å². The fourth-order valence-electron chi connectivity index (χ4n) is 3.31. The summed E-state index contributed by atoms with van der Waals surface area (Å²) in [7, 11) is -3.79. The molecule has 1 aliphatic heterocycles. The van der Waals surface area contributed by atoms with Gasteiger partial charge in [0.2, 0.25) is 27.6 Å². The zero-order chi connectivity index (χ0) is 21.3. The monoisotopic (exact) mass is 446 g/mol. The summed E-state index contributed by atoms with van der Waals surface area (Å²) in [5, 5.41) is 4.40. The number of nitrogens with zero attached hydrogens (tertiary/aromatic N) is 3. The van der Waals surface area contributed by atoms with Gasteiger partial charge in [-0.1, -0.05) is 35.8 Å². The molecular formula is C20H19ClN4O4S. The lowest BCUT2D eigenvalue weighted by Gasteiger charge is -2.16. The molecular weight excluding hydrogens is 428 g/mol. The van der Waals surface area contributed by atoms with Crippen LogP contribution in [0.1, 0.15) is 24.8 Å². The van der Waals surface area contributed by atoms with Crippen molar-refractivity contribution >= 4 is 33.2 Å². The van der Waals surface area contributed by atoms with E-state index >= 15 is 0 Å². The van der Waals surface area contributed by atoms with E-state index in [2.05, 4.69) is 14.9 Å². The van der Waals surface area contributed by atoms with Crippen LogP contribution in [0.15, 0.2) is 51.9 Å². The molecule has 0 unspecified atom stereocenters. The first-order valence-electron chi connectivity index (χ1n) is 9.39. The van der Waals surface area contributed by atoms with Gasteiger partial charge in [0, 0.05) is 29.2 Å². The number of fused-ring (bicyclic) bond motifs is 1. The average molecular weight is 447 g/mol. The van der Waals surface area contributed by atoms with E-state index in [1.54, 1.807) is 48.2 Å². The van der Waals surface area contributed by atoms with Gasteiger partial charge in [-0.15, -0.1) is 0 Å². The number of amides is 1. The summed E-state index contributed by atoms with van der Waals surface area (Å²) >= 11 is 5.97. The molecule has 10 heteroatoms. The molecule has 1 aliphatic rings. The van der Waals surface area contributed by atoms with Crippen LogP contribution >= 0.6 is 11.6 Å². The van der Waals surface area contributed by atoms with Gasteiger partial charge in [0.25, 0.3) is 0 Å². The molecule has 1 amide bonds. The predicted octanol–water partition coefficient (Wildman–Crippen LogP) is 3.17. The maximum atomic E-state index is 12.7. The Morgan fingerprint density at radius 2 is 2.10 bits per heavy atom. The van der Waals surface area contributed by atoms with Crippen molar-refractivity contribution in [1.29, 1.82) is 0 Å². The Balaban J connectivity index is 1.47. The Hall–Kier alpha value is -2.75. The van der Waals surface area contributed by atoms with E-state index in [0.29, 0.717) is 35.8 Å². The van der Waals surface area contributed by atoms with Crippen molar-refractivity contribution in [1.82, 2.24) is 14.9 Å². The van der Waals surface area contributed by atoms with Crippen molar-refractivity contribution in [3.63, 3.8) is 0 Å². The highest BCUT2D eigenvalue weighted by molar-refractivity contribution is 7.89. The van der Waals surface area contributed by atoms with Crippen LogP contribution in [0.4, 0.5) is 5.69 Å². The standard InChI is InChI=1S/C20H19ClN4O4S/c1-2-19(26)25-9-8-13-11-16(6-7-17(13)25)30(27,28)22-12-18-23-20(24-29-18)14-4-3-5-15(21)10-14/h3-7,10-11,22H,2,8-9,12H2,1H3. The number of nitrogens with one attached hydrogen (secondary N) is 1. The molecule has 2 aromatic carbocycles. The highest BCUT2D eigenvalue weighted by Gasteiger charge is 2.26. The Morgan fingerprint density at radius 3 is 2.87 bits per heavy atom. The van der Waals surface area contributed by atoms with Crippen LogP contribution in [0.2, 0.25) is 5.02 Å². The largest absolute Gasteiger partial charge is 0.338 e. The minimum absolute atomic E-state index is 0.0226. The molecule has 0 atom stereocenters. The van der Waals surface area contributed by atoms with Crippen molar-refractivity contribution in [2.24, 2.45) is 0 Å². The summed E-state index contributed by atoms with van der Waals surface area (Å²) in [6.45, 7) is 2.22. The molecule has 0 saturated heterocycles. The number of rotatable bonds is 6. The van der Waals surface area contributed by atoms with Gasteiger partial charge in [-0.25, -0.2) is 13.1 Å². The van der Waals surface area contributed by atoms with Crippen LogP contribution in [0, 0.1) is 0 Å². The first-order valence-corrected chi connectivity index (χ1v) is 11.2. The third kappa shape index (κ3) is 4.09. The third-order valence-corrected chi connectivity index (χ3v) is 6.46. The van der Waals surface area contributed by atoms with Crippen molar-refractivity contribution in [2.75, 3.05) is 11.4 Å². The molecule has 156 valence electrons.